The minimum absolute atomic E-state index is 0.00671. The Morgan fingerprint density at radius 3 is 2.68 bits per heavy atom. The highest BCUT2D eigenvalue weighted by Crippen LogP contribution is 2.39. The lowest BCUT2D eigenvalue weighted by Gasteiger charge is -2.17. The van der Waals surface area contributed by atoms with Crippen LogP contribution >= 0.6 is 15.9 Å². The van der Waals surface area contributed by atoms with Gasteiger partial charge in [-0.25, -0.2) is 9.18 Å². The first-order valence-corrected chi connectivity index (χ1v) is 8.53. The lowest BCUT2D eigenvalue weighted by molar-refractivity contribution is -0.114. The monoisotopic (exact) mass is 406 g/mol. The van der Waals surface area contributed by atoms with Gasteiger partial charge < -0.3 is 15.7 Å². The van der Waals surface area contributed by atoms with Gasteiger partial charge in [0.15, 0.2) is 0 Å². The number of carbonyl (C=O) groups is 2. The maximum Gasteiger partial charge on any atom is 0.338 e. The number of benzene rings is 2. The van der Waals surface area contributed by atoms with Crippen LogP contribution in [0.4, 0.5) is 15.8 Å². The van der Waals surface area contributed by atoms with E-state index in [4.69, 9.17) is 5.11 Å². The summed E-state index contributed by atoms with van der Waals surface area (Å²) in [6.07, 6.45) is 1.66. The Hall–Kier alpha value is -2.41. The Balaban J connectivity index is 1.84. The van der Waals surface area contributed by atoms with Crippen molar-refractivity contribution in [3.05, 3.63) is 57.3 Å². The van der Waals surface area contributed by atoms with Crippen LogP contribution in [-0.4, -0.2) is 17.0 Å². The Kier molecular flexibility index (Phi) is 4.76. The van der Waals surface area contributed by atoms with E-state index in [-0.39, 0.29) is 17.5 Å². The standard InChI is InChI=1S/C18H16BrFN2O3/c1-9(23)21-17-6-10-2-5-16(13(10)8-14(17)19)22-11-3-4-12(18(24)25)15(20)7-11/h3-4,6-8,16,22H,2,5H2,1H3,(H,21,23)(H,24,25). The third-order valence-electron chi connectivity index (χ3n) is 4.16. The fourth-order valence-corrected chi connectivity index (χ4v) is 3.50. The molecule has 1 amide bonds. The number of amides is 1. The van der Waals surface area contributed by atoms with Crippen molar-refractivity contribution in [1.29, 1.82) is 0 Å². The molecule has 1 atom stereocenters. The van der Waals surface area contributed by atoms with Crippen molar-refractivity contribution in [2.75, 3.05) is 10.6 Å². The molecule has 0 aliphatic heterocycles. The van der Waals surface area contributed by atoms with E-state index < -0.39 is 11.8 Å². The van der Waals surface area contributed by atoms with Crippen LogP contribution in [0, 0.1) is 5.82 Å². The summed E-state index contributed by atoms with van der Waals surface area (Å²) >= 11 is 3.46. The predicted octanol–water partition coefficient (Wildman–Crippen LogP) is 4.34. The number of hydrogen-bond acceptors (Lipinski definition) is 3. The average molecular weight is 407 g/mol. The fourth-order valence-electron chi connectivity index (χ4n) is 3.04. The van der Waals surface area contributed by atoms with E-state index in [0.717, 1.165) is 34.1 Å². The lowest BCUT2D eigenvalue weighted by atomic mass is 10.1. The number of anilines is 2. The van der Waals surface area contributed by atoms with Gasteiger partial charge in [0.1, 0.15) is 5.82 Å². The number of nitrogens with one attached hydrogen (secondary N) is 2. The molecule has 0 spiro atoms. The number of halogens is 2. The van der Waals surface area contributed by atoms with Crippen LogP contribution < -0.4 is 10.6 Å². The number of aromatic carboxylic acids is 1. The van der Waals surface area contributed by atoms with Gasteiger partial charge in [0.25, 0.3) is 0 Å². The summed E-state index contributed by atoms with van der Waals surface area (Å²) in [6.45, 7) is 1.46. The van der Waals surface area contributed by atoms with Gasteiger partial charge in [-0.1, -0.05) is 0 Å². The van der Waals surface area contributed by atoms with Gasteiger partial charge in [0.05, 0.1) is 17.3 Å². The number of hydrogen-bond donors (Lipinski definition) is 3. The second-order valence-corrected chi connectivity index (χ2v) is 6.80. The molecule has 0 heterocycles. The largest absolute Gasteiger partial charge is 0.478 e. The highest BCUT2D eigenvalue weighted by atomic mass is 79.9. The first-order chi connectivity index (χ1) is 11.8. The van der Waals surface area contributed by atoms with Crippen molar-refractivity contribution in [1.82, 2.24) is 0 Å². The number of carbonyl (C=O) groups excluding carboxylic acids is 1. The minimum Gasteiger partial charge on any atom is -0.478 e. The molecule has 3 rings (SSSR count). The van der Waals surface area contributed by atoms with E-state index in [2.05, 4.69) is 26.6 Å². The molecular weight excluding hydrogens is 391 g/mol. The fraction of sp³-hybridized carbons (Fsp3) is 0.222. The normalized spacial score (nSPS) is 15.6. The summed E-state index contributed by atoms with van der Waals surface area (Å²) in [5, 5.41) is 14.9. The van der Waals surface area contributed by atoms with Gasteiger partial charge in [-0.15, -0.1) is 0 Å². The molecule has 0 saturated heterocycles. The maximum atomic E-state index is 13.8. The summed E-state index contributed by atoms with van der Waals surface area (Å²) < 4.78 is 14.6. The summed E-state index contributed by atoms with van der Waals surface area (Å²) in [6, 6.07) is 7.90. The van der Waals surface area contributed by atoms with Crippen molar-refractivity contribution < 1.29 is 19.1 Å². The molecule has 2 aromatic carbocycles. The van der Waals surface area contributed by atoms with Crippen molar-refractivity contribution in [2.24, 2.45) is 0 Å². The SMILES string of the molecule is CC(=O)Nc1cc2c(cc1Br)C(Nc1ccc(C(=O)O)c(F)c1)CC2. The Bertz CT molecular complexity index is 870. The Morgan fingerprint density at radius 2 is 2.04 bits per heavy atom. The molecule has 25 heavy (non-hydrogen) atoms. The lowest BCUT2D eigenvalue weighted by Crippen LogP contribution is -2.10. The van der Waals surface area contributed by atoms with Crippen molar-refractivity contribution in [3.63, 3.8) is 0 Å². The topological polar surface area (TPSA) is 78.4 Å². The molecule has 1 unspecified atom stereocenters. The van der Waals surface area contributed by atoms with E-state index in [1.807, 2.05) is 12.1 Å². The molecule has 7 heteroatoms. The molecule has 3 N–H and O–H groups in total. The quantitative estimate of drug-likeness (QED) is 0.705. The summed E-state index contributed by atoms with van der Waals surface area (Å²) in [5.41, 5.74) is 3.10. The van der Waals surface area contributed by atoms with Crippen molar-refractivity contribution in [3.8, 4) is 0 Å². The Labute approximate surface area is 152 Å². The van der Waals surface area contributed by atoms with Crippen LogP contribution in [-0.2, 0) is 11.2 Å². The van der Waals surface area contributed by atoms with Gasteiger partial charge >= 0.3 is 5.97 Å². The van der Waals surface area contributed by atoms with E-state index in [1.54, 1.807) is 6.07 Å². The third-order valence-corrected chi connectivity index (χ3v) is 4.81. The second kappa shape index (κ2) is 6.84. The van der Waals surface area contributed by atoms with Crippen LogP contribution in [0.5, 0.6) is 0 Å². The second-order valence-electron chi connectivity index (χ2n) is 5.95. The van der Waals surface area contributed by atoms with Gasteiger partial charge in [0, 0.05) is 17.1 Å². The molecule has 1 aliphatic carbocycles. The number of rotatable bonds is 4. The average Bonchev–Trinajstić information content (AvgIpc) is 2.89. The highest BCUT2D eigenvalue weighted by Gasteiger charge is 2.24. The molecule has 0 bridgehead atoms. The van der Waals surface area contributed by atoms with Gasteiger partial charge in [0.2, 0.25) is 5.91 Å². The summed E-state index contributed by atoms with van der Waals surface area (Å²) in [4.78, 5) is 22.1. The maximum absolute atomic E-state index is 13.8. The van der Waals surface area contributed by atoms with Gasteiger partial charge in [-0.2, -0.15) is 0 Å². The first kappa shape index (κ1) is 17.4. The summed E-state index contributed by atoms with van der Waals surface area (Å²) in [7, 11) is 0. The van der Waals surface area contributed by atoms with Gasteiger partial charge in [-0.3, -0.25) is 4.79 Å². The first-order valence-electron chi connectivity index (χ1n) is 7.74. The van der Waals surface area contributed by atoms with Gasteiger partial charge in [-0.05, 0) is 70.2 Å². The van der Waals surface area contributed by atoms with Crippen molar-refractivity contribution >= 4 is 39.2 Å². The molecule has 1 aliphatic rings. The highest BCUT2D eigenvalue weighted by molar-refractivity contribution is 9.10. The van der Waals surface area contributed by atoms with E-state index in [9.17, 15) is 14.0 Å². The molecule has 0 radical (unpaired) electrons. The zero-order chi connectivity index (χ0) is 18.1. The molecule has 0 aromatic heterocycles. The molecule has 2 aromatic rings. The third kappa shape index (κ3) is 3.66. The van der Waals surface area contributed by atoms with Crippen molar-refractivity contribution in [2.45, 2.75) is 25.8 Å². The minimum atomic E-state index is -1.29. The van der Waals surface area contributed by atoms with E-state index >= 15 is 0 Å². The van der Waals surface area contributed by atoms with Crippen LogP contribution in [0.15, 0.2) is 34.8 Å². The molecular formula is C18H16BrFN2O3. The van der Waals surface area contributed by atoms with Crippen LogP contribution in [0.1, 0.15) is 40.9 Å². The molecule has 5 nitrogen and oxygen atoms in total. The zero-order valence-corrected chi connectivity index (χ0v) is 15.0. The number of fused-ring (bicyclic) bond motifs is 1. The van der Waals surface area contributed by atoms with Crippen LogP contribution in [0.25, 0.3) is 0 Å². The van der Waals surface area contributed by atoms with E-state index in [1.165, 1.54) is 19.1 Å². The number of aryl methyl sites for hydroxylation is 1. The van der Waals surface area contributed by atoms with E-state index in [0.29, 0.717) is 5.69 Å². The Morgan fingerprint density at radius 1 is 1.28 bits per heavy atom. The smallest absolute Gasteiger partial charge is 0.338 e. The summed E-state index contributed by atoms with van der Waals surface area (Å²) in [5.74, 6) is -2.19. The number of carboxylic acids is 1. The molecule has 0 saturated carbocycles. The molecule has 130 valence electrons. The molecule has 0 fully saturated rings. The van der Waals surface area contributed by atoms with Crippen LogP contribution in [0.3, 0.4) is 0 Å². The number of carboxylic acid groups (broad SMARTS) is 1. The van der Waals surface area contributed by atoms with Crippen LogP contribution in [0.2, 0.25) is 0 Å². The zero-order valence-electron chi connectivity index (χ0n) is 13.4. The predicted molar refractivity (Wildman–Crippen MR) is 96.5 cm³/mol.